The molecule has 672 valence electrons. The lowest BCUT2D eigenvalue weighted by atomic mass is 9.79. The Kier molecular flexibility index (Phi) is 22.1. The molecule has 17 atom stereocenters. The van der Waals surface area contributed by atoms with Gasteiger partial charge >= 0.3 is 23.9 Å². The number of piperidine rings is 4. The van der Waals surface area contributed by atoms with Gasteiger partial charge in [0.2, 0.25) is 0 Å². The van der Waals surface area contributed by atoms with Crippen LogP contribution in [0.25, 0.3) is 0 Å². The molecular weight excluding hydrogens is 1520 g/mol. The maximum absolute atomic E-state index is 13.1. The predicted octanol–water partition coefficient (Wildman–Crippen LogP) is 14.3. The zero-order valence-electron chi connectivity index (χ0n) is 106. The van der Waals surface area contributed by atoms with E-state index < -0.39 is 203 Å². The van der Waals surface area contributed by atoms with Crippen LogP contribution in [0.3, 0.4) is 0 Å². The molecule has 8 N–H and O–H groups in total. The number of fused-ring (bicyclic) bond motifs is 12. The van der Waals surface area contributed by atoms with Gasteiger partial charge in [-0.2, -0.15) is 0 Å². The highest BCUT2D eigenvalue weighted by Gasteiger charge is 2.47. The molecule has 0 aromatic heterocycles. The first-order valence-corrected chi connectivity index (χ1v) is 41.3. The Hall–Kier alpha value is -7.16. The summed E-state index contributed by atoms with van der Waals surface area (Å²) in [6.45, 7) is 15.8. The van der Waals surface area contributed by atoms with Gasteiger partial charge in [-0.15, -0.1) is 0 Å². The molecule has 24 heteroatoms. The van der Waals surface area contributed by atoms with Crippen LogP contribution >= 0.6 is 0 Å². The van der Waals surface area contributed by atoms with Crippen LogP contribution in [0, 0.1) is 70.9 Å². The monoisotopic (exact) mass is 1710 g/mol. The summed E-state index contributed by atoms with van der Waals surface area (Å²) in [5.41, 5.74) is 25.8. The highest BCUT2D eigenvalue weighted by Crippen LogP contribution is 2.50. The zero-order chi connectivity index (χ0) is 117. The van der Waals surface area contributed by atoms with Crippen LogP contribution in [0.1, 0.15) is 274 Å². The summed E-state index contributed by atoms with van der Waals surface area (Å²) >= 11 is 0. The first kappa shape index (κ1) is 60.4. The third-order valence-corrected chi connectivity index (χ3v) is 21.3. The van der Waals surface area contributed by atoms with E-state index in [-0.39, 0.29) is 163 Å². The summed E-state index contributed by atoms with van der Waals surface area (Å²) in [6, 6.07) is -3.41. The molecule has 120 heavy (non-hydrogen) atoms. The molecule has 8 heterocycles. The Balaban J connectivity index is 0.000000225. The third-order valence-electron chi connectivity index (χ3n) is 21.3. The highest BCUT2D eigenvalue weighted by molar-refractivity contribution is 5.77. The van der Waals surface area contributed by atoms with Gasteiger partial charge < -0.3 is 79.8 Å². The van der Waals surface area contributed by atoms with Crippen molar-refractivity contribution in [3.63, 3.8) is 0 Å². The summed E-state index contributed by atoms with van der Waals surface area (Å²) in [5, 5.41) is 0. The van der Waals surface area contributed by atoms with Crippen LogP contribution < -0.4 is 60.8 Å². The molecule has 8 aliphatic rings. The molecule has 0 radical (unpaired) electrons. The molecule has 4 aromatic rings. The molecule has 8 aliphatic heterocycles. The van der Waals surface area contributed by atoms with Gasteiger partial charge in [0.05, 0.1) is 74.6 Å². The van der Waals surface area contributed by atoms with Gasteiger partial charge in [0.25, 0.3) is 0 Å². The maximum Gasteiger partial charge on any atom is 0.323 e. The molecule has 0 bridgehead atoms. The quantitative estimate of drug-likeness (QED) is 0.0303. The van der Waals surface area contributed by atoms with Crippen molar-refractivity contribution in [3.8, 4) is 46.0 Å². The Morgan fingerprint density at radius 2 is 0.592 bits per heavy atom. The van der Waals surface area contributed by atoms with Crippen molar-refractivity contribution in [1.82, 2.24) is 19.6 Å². The second-order valence-corrected chi connectivity index (χ2v) is 33.8. The standard InChI is InChI=1S/4C24H38N2O4/c4*1-14(2)9-17-13-26-8-7-16-10-21(28-5)22(29-6)11-18(16)19(26)12-20(17)30-24(27)23(25)15(3)4/h4*10-11,14-15,17,19-20,23H,7-9,12-13,25H2,1-6H3/t4*17?,19?,20?,23-/m0000/s1/i5D3,12D2,13D2,17D,19D,20D;12D2,13D2,17D,19D,20D;12D,13D2,17D,19D,20D;5D3,12D2,13D2,17D,19D/t2m;12?,17?,19?,20?,23-;m. The summed E-state index contributed by atoms with van der Waals surface area (Å²) < 4.78 is 351. The summed E-state index contributed by atoms with van der Waals surface area (Å²) in [4.78, 5) is 56.3. The lowest BCUT2D eigenvalue weighted by Gasteiger charge is -2.47. The SMILES string of the molecule is [2H]C([2H])([2H])Oc1cc2c(cc1OC)C1([2H])N(CC2)C([2H])([2H])C([2H])(CC(C)C)C(OC(=O)[C@@H](N)C(C)C)C1([2H])[2H].[2H]C([2H])([2H])Oc1cc2c(cc1OC)C1([2H])N(CC2)C([2H])([2H])C([2H])(CC(C)C)C([2H])(OC(=O)[C@@H](N)C(C)C)C1([2H])[2H].[2H]C1([2H])N2CCc3cc(OC)c(OC)cc3C2([2H])C([2H])([2H])C([2H])(OC(=O)[C@@H](N)C(C)C)C1([2H])CC(C)C.[2H]C1C2([2H])c3cc(OC)c(OC)cc3CCN2C([2H])([2H])C([2H])(CC(C)C)C1([2H])OC(=O)[C@@H](N)C(C)C. The Morgan fingerprint density at radius 1 is 0.350 bits per heavy atom. The number of benzene rings is 4. The van der Waals surface area contributed by atoms with Crippen molar-refractivity contribution in [1.29, 1.82) is 0 Å². The van der Waals surface area contributed by atoms with Gasteiger partial charge in [0.15, 0.2) is 46.0 Å². The van der Waals surface area contributed by atoms with Gasteiger partial charge in [0, 0.05) is 151 Å². The number of hydrogen-bond acceptors (Lipinski definition) is 24. The average Bonchev–Trinajstić information content (AvgIpc) is 0.653. The van der Waals surface area contributed by atoms with E-state index in [0.717, 1.165) is 14.7 Å². The number of carbonyl (C=O) groups is 4. The molecule has 13 unspecified atom stereocenters. The molecule has 24 nitrogen and oxygen atoms in total. The molecule has 4 aromatic carbocycles. The van der Waals surface area contributed by atoms with E-state index in [1.807, 2.05) is 0 Å². The maximum atomic E-state index is 13.1. The van der Waals surface area contributed by atoms with Crippen LogP contribution in [0.15, 0.2) is 48.5 Å². The van der Waals surface area contributed by atoms with E-state index >= 15 is 0 Å². The van der Waals surface area contributed by atoms with Crippen LogP contribution in [-0.4, -0.2) is 201 Å². The van der Waals surface area contributed by atoms with E-state index in [4.69, 9.17) is 99.0 Å². The Bertz CT molecular complexity index is 5640. The number of methoxy groups -OCH3 is 8. The summed E-state index contributed by atoms with van der Waals surface area (Å²) in [6.07, 6.45) is -22.4. The van der Waals surface area contributed by atoms with E-state index in [0.29, 0.717) is 34.6 Å². The molecule has 0 saturated carbocycles. The van der Waals surface area contributed by atoms with Crippen molar-refractivity contribution in [2.45, 2.75) is 260 Å². The smallest absolute Gasteiger partial charge is 0.323 e. The normalized spacial score (nSPS) is 39.3. The second kappa shape index (κ2) is 43.9. The minimum absolute atomic E-state index is 0.00169. The predicted molar refractivity (Wildman–Crippen MR) is 471 cm³/mol. The fourth-order valence-electron chi connectivity index (χ4n) is 14.3. The minimum atomic E-state index is -3.24. The van der Waals surface area contributed by atoms with E-state index in [9.17, 15) is 43.9 Å². The number of nitrogens with two attached hydrogens (primary N) is 4. The largest absolute Gasteiger partial charge is 0.493 e. The number of nitrogens with zero attached hydrogens (tertiary/aromatic N) is 4. The summed E-state index contributed by atoms with van der Waals surface area (Å²) in [5.74, 6) is -16.4. The van der Waals surface area contributed by atoms with E-state index in [1.54, 1.807) is 123 Å². The lowest BCUT2D eigenvalue weighted by molar-refractivity contribution is -0.161. The number of carbonyl (C=O) groups excluding carboxylic acids is 4. The molecule has 4 saturated heterocycles. The molecule has 0 spiro atoms. The molecule has 0 amide bonds. The van der Waals surface area contributed by atoms with Crippen molar-refractivity contribution < 1.29 is 120 Å². The van der Waals surface area contributed by atoms with Crippen LogP contribution in [0.2, 0.25) is 0 Å². The van der Waals surface area contributed by atoms with Crippen LogP contribution in [0.5, 0.6) is 46.0 Å². The van der Waals surface area contributed by atoms with Gasteiger partial charge in [-0.1, -0.05) is 111 Å². The zero-order valence-corrected chi connectivity index (χ0v) is 73.8. The van der Waals surface area contributed by atoms with Crippen LogP contribution in [-0.2, 0) is 63.8 Å². The first-order valence-electron chi connectivity index (χ1n) is 57.4. The number of rotatable bonds is 28. The van der Waals surface area contributed by atoms with Gasteiger partial charge in [-0.25, -0.2) is 0 Å². The van der Waals surface area contributed by atoms with Gasteiger partial charge in [0.1, 0.15) is 48.5 Å². The number of esters is 4. The van der Waals surface area contributed by atoms with Crippen molar-refractivity contribution in [2.75, 3.05) is 109 Å². The second-order valence-electron chi connectivity index (χ2n) is 33.8. The van der Waals surface area contributed by atoms with Crippen molar-refractivity contribution in [2.24, 2.45) is 93.9 Å². The highest BCUT2D eigenvalue weighted by atomic mass is 16.6. The summed E-state index contributed by atoms with van der Waals surface area (Å²) in [7, 11) is 2.60. The van der Waals surface area contributed by atoms with Crippen molar-refractivity contribution in [3.05, 3.63) is 93.0 Å². The lowest BCUT2D eigenvalue weighted by Crippen LogP contribution is -2.51. The average molecular weight is 1710 g/mol. The topological polar surface area (TPSA) is 296 Å². The molecule has 0 aliphatic carbocycles. The molecule has 12 rings (SSSR count). The van der Waals surface area contributed by atoms with Crippen molar-refractivity contribution >= 4 is 23.9 Å². The third kappa shape index (κ3) is 23.8. The minimum Gasteiger partial charge on any atom is -0.493 e. The van der Waals surface area contributed by atoms with Gasteiger partial charge in [-0.3, -0.25) is 38.8 Å². The van der Waals surface area contributed by atoms with E-state index in [2.05, 4.69) is 0 Å². The number of ether oxygens (including phenoxy) is 12. The molecular formula is C96H152N8O16. The first-order chi connectivity index (χ1) is 69.0. The van der Waals surface area contributed by atoms with E-state index in [1.165, 1.54) is 84.0 Å². The Morgan fingerprint density at radius 3 is 0.883 bits per heavy atom. The fourth-order valence-corrected chi connectivity index (χ4v) is 14.3. The van der Waals surface area contributed by atoms with Crippen LogP contribution in [0.4, 0.5) is 0 Å². The fraction of sp³-hybridized carbons (Fsp3) is 0.708. The Labute approximate surface area is 763 Å². The van der Waals surface area contributed by atoms with Gasteiger partial charge in [-0.05, 0) is 192 Å². The molecule has 4 fully saturated rings. The number of hydrogen-bond donors (Lipinski definition) is 4.